The van der Waals surface area contributed by atoms with Gasteiger partial charge in [0.05, 0.1) is 11.6 Å². The normalized spacial score (nSPS) is 27.9. The summed E-state index contributed by atoms with van der Waals surface area (Å²) >= 11 is 0. The molecule has 0 radical (unpaired) electrons. The Balaban J connectivity index is 0.000000168. The van der Waals surface area contributed by atoms with Crippen molar-refractivity contribution in [3.8, 4) is 11.1 Å². The summed E-state index contributed by atoms with van der Waals surface area (Å²) < 4.78 is 18.3. The van der Waals surface area contributed by atoms with E-state index in [1.807, 2.05) is 18.2 Å². The van der Waals surface area contributed by atoms with E-state index in [9.17, 15) is 9.18 Å². The molecule has 1 aromatic carbocycles. The molecule has 32 heavy (non-hydrogen) atoms. The quantitative estimate of drug-likeness (QED) is 0.373. The van der Waals surface area contributed by atoms with Gasteiger partial charge in [-0.1, -0.05) is 50.5 Å². The molecule has 170 valence electrons. The van der Waals surface area contributed by atoms with E-state index in [0.29, 0.717) is 5.92 Å². The first kappa shape index (κ1) is 23.9. The van der Waals surface area contributed by atoms with Crippen LogP contribution in [0.3, 0.4) is 0 Å². The van der Waals surface area contributed by atoms with E-state index in [1.54, 1.807) is 18.3 Å². The zero-order chi connectivity index (χ0) is 23.1. The number of rotatable bonds is 2. The first-order valence-corrected chi connectivity index (χ1v) is 11.6. The van der Waals surface area contributed by atoms with Gasteiger partial charge in [0, 0.05) is 17.7 Å². The van der Waals surface area contributed by atoms with Gasteiger partial charge in [-0.2, -0.15) is 0 Å². The number of esters is 1. The molecule has 3 fully saturated rings. The Labute approximate surface area is 191 Å². The van der Waals surface area contributed by atoms with Gasteiger partial charge in [0.15, 0.2) is 0 Å². The highest BCUT2D eigenvalue weighted by Gasteiger charge is 2.49. The number of cyclic esters (lactones) is 1. The van der Waals surface area contributed by atoms with Crippen molar-refractivity contribution in [2.24, 2.45) is 23.7 Å². The summed E-state index contributed by atoms with van der Waals surface area (Å²) in [6.45, 7) is 11.7. The Morgan fingerprint density at radius 2 is 1.78 bits per heavy atom. The minimum Gasteiger partial charge on any atom is -0.462 e. The maximum absolute atomic E-state index is 13.0. The Kier molecular flexibility index (Phi) is 8.38. The van der Waals surface area contributed by atoms with Crippen LogP contribution < -0.4 is 0 Å². The smallest absolute Gasteiger partial charge is 0.309 e. The van der Waals surface area contributed by atoms with Gasteiger partial charge in [0.1, 0.15) is 11.9 Å². The van der Waals surface area contributed by atoms with E-state index < -0.39 is 0 Å². The van der Waals surface area contributed by atoms with Crippen LogP contribution in [0.25, 0.3) is 17.2 Å². The van der Waals surface area contributed by atoms with Gasteiger partial charge in [0.25, 0.3) is 0 Å². The summed E-state index contributed by atoms with van der Waals surface area (Å²) in [6, 6.07) is 10.2. The highest BCUT2D eigenvalue weighted by atomic mass is 19.1. The third kappa shape index (κ3) is 5.53. The fraction of sp³-hybridized carbons (Fsp3) is 0.429. The lowest BCUT2D eigenvalue weighted by atomic mass is 9.63. The molecular formula is C28H34FNO2. The number of pyridine rings is 1. The topological polar surface area (TPSA) is 39.2 Å². The molecular weight excluding hydrogens is 401 g/mol. The van der Waals surface area contributed by atoms with E-state index in [2.05, 4.69) is 31.6 Å². The van der Waals surface area contributed by atoms with Gasteiger partial charge in [-0.25, -0.2) is 4.39 Å². The van der Waals surface area contributed by atoms with E-state index in [1.165, 1.54) is 44.2 Å². The average Bonchev–Trinajstić information content (AvgIpc) is 3.12. The van der Waals surface area contributed by atoms with Crippen molar-refractivity contribution in [1.82, 2.24) is 4.98 Å². The number of carbonyl (C=O) groups is 1. The fourth-order valence-corrected chi connectivity index (χ4v) is 5.43. The summed E-state index contributed by atoms with van der Waals surface area (Å²) in [5, 5.41) is 0. The SMILES string of the molecule is C=C.C=Cc1ccc(-c2cccc(F)c2)cn1.C[C@H]1OC(=O)[C@@H]2C[C@@H]3CCCCC3C[C@H]12. The van der Waals surface area contributed by atoms with Crippen LogP contribution in [0.2, 0.25) is 0 Å². The number of benzene rings is 1. The van der Waals surface area contributed by atoms with E-state index in [-0.39, 0.29) is 23.8 Å². The van der Waals surface area contributed by atoms with Crippen molar-refractivity contribution in [3.63, 3.8) is 0 Å². The molecule has 3 aliphatic rings. The van der Waals surface area contributed by atoms with Crippen molar-refractivity contribution in [1.29, 1.82) is 0 Å². The second-order valence-corrected chi connectivity index (χ2v) is 8.87. The zero-order valence-electron chi connectivity index (χ0n) is 19.0. The van der Waals surface area contributed by atoms with Crippen LogP contribution in [0.15, 0.2) is 62.3 Å². The van der Waals surface area contributed by atoms with Gasteiger partial charge in [-0.3, -0.25) is 9.78 Å². The van der Waals surface area contributed by atoms with Crippen LogP contribution in [0.4, 0.5) is 4.39 Å². The maximum Gasteiger partial charge on any atom is 0.309 e. The van der Waals surface area contributed by atoms with Crippen LogP contribution in [0, 0.1) is 29.5 Å². The third-order valence-corrected chi connectivity index (χ3v) is 7.08. The molecule has 2 saturated carbocycles. The number of fused-ring (bicyclic) bond motifs is 2. The van der Waals surface area contributed by atoms with Gasteiger partial charge in [-0.15, -0.1) is 13.2 Å². The van der Waals surface area contributed by atoms with Gasteiger partial charge >= 0.3 is 5.97 Å². The van der Waals surface area contributed by atoms with Gasteiger partial charge < -0.3 is 4.74 Å². The van der Waals surface area contributed by atoms with Crippen LogP contribution in [-0.2, 0) is 9.53 Å². The van der Waals surface area contributed by atoms with Crippen molar-refractivity contribution in [2.45, 2.75) is 51.6 Å². The predicted octanol–water partition coefficient (Wildman–Crippen LogP) is 7.10. The monoisotopic (exact) mass is 435 g/mol. The first-order chi connectivity index (χ1) is 15.5. The van der Waals surface area contributed by atoms with Crippen molar-refractivity contribution in [3.05, 3.63) is 73.8 Å². The second kappa shape index (κ2) is 11.2. The lowest BCUT2D eigenvalue weighted by Gasteiger charge is -2.40. The third-order valence-electron chi connectivity index (χ3n) is 7.08. The zero-order valence-corrected chi connectivity index (χ0v) is 19.0. The highest BCUT2D eigenvalue weighted by Crippen LogP contribution is 2.49. The van der Waals surface area contributed by atoms with E-state index in [4.69, 9.17) is 4.74 Å². The molecule has 1 aromatic heterocycles. The van der Waals surface area contributed by atoms with Crippen LogP contribution in [0.1, 0.15) is 51.1 Å². The summed E-state index contributed by atoms with van der Waals surface area (Å²) in [5.41, 5.74) is 2.55. The van der Waals surface area contributed by atoms with Crippen molar-refractivity contribution >= 4 is 12.0 Å². The van der Waals surface area contributed by atoms with E-state index in [0.717, 1.165) is 35.1 Å². The number of hydrogen-bond acceptors (Lipinski definition) is 3. The van der Waals surface area contributed by atoms with Crippen LogP contribution in [0.5, 0.6) is 0 Å². The second-order valence-electron chi connectivity index (χ2n) is 8.87. The molecule has 4 heteroatoms. The number of halogens is 1. The van der Waals surface area contributed by atoms with Gasteiger partial charge in [0.2, 0.25) is 0 Å². The Hall–Kier alpha value is -2.75. The first-order valence-electron chi connectivity index (χ1n) is 11.6. The molecule has 1 saturated heterocycles. The minimum absolute atomic E-state index is 0.0940. The minimum atomic E-state index is -0.236. The number of hydrogen-bond donors (Lipinski definition) is 0. The maximum atomic E-state index is 13.0. The summed E-state index contributed by atoms with van der Waals surface area (Å²) in [6.07, 6.45) is 11.5. The van der Waals surface area contributed by atoms with Gasteiger partial charge in [-0.05, 0) is 61.4 Å². The van der Waals surface area contributed by atoms with Crippen LogP contribution in [-0.4, -0.2) is 17.1 Å². The number of nitrogens with zero attached hydrogens (tertiary/aromatic N) is 1. The molecule has 5 rings (SSSR count). The predicted molar refractivity (Wildman–Crippen MR) is 128 cm³/mol. The Bertz CT molecular complexity index is 910. The summed E-state index contributed by atoms with van der Waals surface area (Å²) in [7, 11) is 0. The van der Waals surface area contributed by atoms with Crippen LogP contribution >= 0.6 is 0 Å². The molecule has 2 aliphatic carbocycles. The highest BCUT2D eigenvalue weighted by molar-refractivity contribution is 5.75. The number of carbonyl (C=O) groups excluding carboxylic acids is 1. The fourth-order valence-electron chi connectivity index (χ4n) is 5.43. The largest absolute Gasteiger partial charge is 0.462 e. The molecule has 0 bridgehead atoms. The molecule has 5 atom stereocenters. The molecule has 0 N–H and O–H groups in total. The molecule has 0 amide bonds. The standard InChI is InChI=1S/C13H10FN.C13H20O2.C2H4/c1-2-13-7-6-11(9-15-13)10-4-3-5-12(14)8-10;1-8-11-6-9-4-2-3-5-10(9)7-12(11)13(14)15-8;1-2/h2-9H,1H2;8-12H,2-7H2,1H3;1-2H2/t;8-,9?,10+,11-,12-;/m.1./s1. The molecule has 0 spiro atoms. The van der Waals surface area contributed by atoms with Crippen molar-refractivity contribution in [2.75, 3.05) is 0 Å². The molecule has 2 aromatic rings. The molecule has 1 unspecified atom stereocenters. The van der Waals surface area contributed by atoms with Crippen molar-refractivity contribution < 1.29 is 13.9 Å². The Morgan fingerprint density at radius 1 is 1.06 bits per heavy atom. The number of aromatic nitrogens is 1. The number of ether oxygens (including phenoxy) is 1. The summed E-state index contributed by atoms with van der Waals surface area (Å²) in [5.74, 6) is 2.38. The summed E-state index contributed by atoms with van der Waals surface area (Å²) in [4.78, 5) is 15.8. The molecule has 1 aliphatic heterocycles. The van der Waals surface area contributed by atoms with E-state index >= 15 is 0 Å². The average molecular weight is 436 g/mol. The lowest BCUT2D eigenvalue weighted by Crippen LogP contribution is -2.35. The lowest BCUT2D eigenvalue weighted by molar-refractivity contribution is -0.144. The Morgan fingerprint density at radius 3 is 2.41 bits per heavy atom. The molecule has 3 nitrogen and oxygen atoms in total. The molecule has 2 heterocycles.